The molecule has 0 saturated heterocycles. The monoisotopic (exact) mass is 415 g/mol. The van der Waals surface area contributed by atoms with Gasteiger partial charge in [-0.1, -0.05) is 65.7 Å². The van der Waals surface area contributed by atoms with Gasteiger partial charge in [0.25, 0.3) is 0 Å². The van der Waals surface area contributed by atoms with Gasteiger partial charge >= 0.3 is 5.97 Å². The molecular weight excluding hydrogens is 393 g/mol. The Morgan fingerprint density at radius 3 is 2.54 bits per heavy atom. The lowest BCUT2D eigenvalue weighted by molar-refractivity contribution is 0.0473. The van der Waals surface area contributed by atoms with E-state index in [1.54, 1.807) is 18.2 Å². The van der Waals surface area contributed by atoms with E-state index in [-0.39, 0.29) is 5.92 Å². The minimum atomic E-state index is -0.434. The SMILES string of the molecule is CN(C)CCC(COC(=O)c1ccc(Cl)cc1Cl)c1cccc2ccccc12. The summed E-state index contributed by atoms with van der Waals surface area (Å²) in [5.74, 6) is -0.347. The lowest BCUT2D eigenvalue weighted by Gasteiger charge is -2.21. The number of halogens is 2. The zero-order valence-electron chi connectivity index (χ0n) is 16.0. The minimum Gasteiger partial charge on any atom is -0.461 e. The van der Waals surface area contributed by atoms with Gasteiger partial charge in [0.2, 0.25) is 0 Å². The Bertz CT molecular complexity index is 966. The molecule has 0 aliphatic carbocycles. The quantitative estimate of drug-likeness (QED) is 0.440. The molecule has 1 unspecified atom stereocenters. The maximum absolute atomic E-state index is 12.6. The Balaban J connectivity index is 1.83. The van der Waals surface area contributed by atoms with Gasteiger partial charge in [-0.05, 0) is 61.6 Å². The maximum atomic E-state index is 12.6. The van der Waals surface area contributed by atoms with Crippen LogP contribution in [0.2, 0.25) is 10.0 Å². The summed E-state index contributed by atoms with van der Waals surface area (Å²) in [6.07, 6.45) is 0.878. The van der Waals surface area contributed by atoms with Crippen molar-refractivity contribution < 1.29 is 9.53 Å². The van der Waals surface area contributed by atoms with Crippen LogP contribution in [0.25, 0.3) is 10.8 Å². The molecule has 0 bridgehead atoms. The van der Waals surface area contributed by atoms with Gasteiger partial charge in [0.05, 0.1) is 17.2 Å². The summed E-state index contributed by atoms with van der Waals surface area (Å²) in [4.78, 5) is 14.7. The molecule has 0 aromatic heterocycles. The van der Waals surface area contributed by atoms with E-state index < -0.39 is 5.97 Å². The van der Waals surface area contributed by atoms with Crippen LogP contribution in [-0.4, -0.2) is 38.1 Å². The lowest BCUT2D eigenvalue weighted by atomic mass is 9.91. The van der Waals surface area contributed by atoms with E-state index in [0.717, 1.165) is 13.0 Å². The van der Waals surface area contributed by atoms with E-state index in [4.69, 9.17) is 27.9 Å². The van der Waals surface area contributed by atoms with Crippen molar-refractivity contribution >= 4 is 39.9 Å². The van der Waals surface area contributed by atoms with Crippen molar-refractivity contribution in [2.24, 2.45) is 0 Å². The zero-order valence-corrected chi connectivity index (χ0v) is 17.5. The average Bonchev–Trinajstić information content (AvgIpc) is 2.67. The minimum absolute atomic E-state index is 0.0866. The fraction of sp³-hybridized carbons (Fsp3) is 0.261. The number of hydrogen-bond donors (Lipinski definition) is 0. The van der Waals surface area contributed by atoms with Gasteiger partial charge in [0.1, 0.15) is 0 Å². The predicted octanol–water partition coefficient (Wildman–Crippen LogP) is 6.04. The van der Waals surface area contributed by atoms with Crippen LogP contribution in [0.5, 0.6) is 0 Å². The number of ether oxygens (including phenoxy) is 1. The van der Waals surface area contributed by atoms with Crippen molar-refractivity contribution in [1.29, 1.82) is 0 Å². The Hall–Kier alpha value is -2.07. The molecule has 0 N–H and O–H groups in total. The summed E-state index contributed by atoms with van der Waals surface area (Å²) < 4.78 is 5.66. The first-order chi connectivity index (χ1) is 13.5. The second-order valence-electron chi connectivity index (χ2n) is 7.08. The lowest BCUT2D eigenvalue weighted by Crippen LogP contribution is -2.20. The third kappa shape index (κ3) is 5.05. The summed E-state index contributed by atoms with van der Waals surface area (Å²) in [6, 6.07) is 19.3. The first-order valence-corrected chi connectivity index (χ1v) is 9.96. The van der Waals surface area contributed by atoms with Gasteiger partial charge in [-0.2, -0.15) is 0 Å². The van der Waals surface area contributed by atoms with E-state index in [1.165, 1.54) is 16.3 Å². The number of nitrogens with zero attached hydrogens (tertiary/aromatic N) is 1. The summed E-state index contributed by atoms with van der Waals surface area (Å²) >= 11 is 12.1. The summed E-state index contributed by atoms with van der Waals surface area (Å²) in [5, 5.41) is 3.16. The van der Waals surface area contributed by atoms with Gasteiger partial charge in [0.15, 0.2) is 0 Å². The van der Waals surface area contributed by atoms with Crippen LogP contribution in [0.1, 0.15) is 28.3 Å². The molecule has 0 amide bonds. The summed E-state index contributed by atoms with van der Waals surface area (Å²) in [5.41, 5.74) is 1.52. The molecule has 0 radical (unpaired) electrons. The normalized spacial score (nSPS) is 12.3. The largest absolute Gasteiger partial charge is 0.461 e. The number of esters is 1. The molecule has 0 aliphatic heterocycles. The molecule has 0 fully saturated rings. The highest BCUT2D eigenvalue weighted by molar-refractivity contribution is 6.36. The van der Waals surface area contributed by atoms with E-state index in [0.29, 0.717) is 22.2 Å². The van der Waals surface area contributed by atoms with Gasteiger partial charge < -0.3 is 9.64 Å². The predicted molar refractivity (Wildman–Crippen MR) is 117 cm³/mol. The van der Waals surface area contributed by atoms with E-state index >= 15 is 0 Å². The molecule has 0 spiro atoms. The first kappa shape index (κ1) is 20.7. The molecule has 146 valence electrons. The van der Waals surface area contributed by atoms with Gasteiger partial charge in [-0.25, -0.2) is 4.79 Å². The molecule has 3 aromatic carbocycles. The molecule has 3 aromatic rings. The highest BCUT2D eigenvalue weighted by atomic mass is 35.5. The molecule has 0 aliphatic rings. The number of carbonyl (C=O) groups is 1. The van der Waals surface area contributed by atoms with Crippen molar-refractivity contribution in [2.75, 3.05) is 27.2 Å². The fourth-order valence-corrected chi connectivity index (χ4v) is 3.74. The van der Waals surface area contributed by atoms with Crippen LogP contribution in [0, 0.1) is 0 Å². The number of hydrogen-bond acceptors (Lipinski definition) is 3. The molecule has 28 heavy (non-hydrogen) atoms. The Kier molecular flexibility index (Phi) is 6.95. The highest BCUT2D eigenvalue weighted by Gasteiger charge is 2.19. The molecular formula is C23H23Cl2NO2. The molecule has 1 atom stereocenters. The Morgan fingerprint density at radius 2 is 1.79 bits per heavy atom. The number of benzene rings is 3. The van der Waals surface area contributed by atoms with Crippen molar-refractivity contribution in [3.8, 4) is 0 Å². The van der Waals surface area contributed by atoms with E-state index in [1.807, 2.05) is 26.2 Å². The molecule has 5 heteroatoms. The average molecular weight is 416 g/mol. The summed E-state index contributed by atoms with van der Waals surface area (Å²) in [6.45, 7) is 1.19. The smallest absolute Gasteiger partial charge is 0.339 e. The van der Waals surface area contributed by atoms with E-state index in [9.17, 15) is 4.79 Å². The second kappa shape index (κ2) is 9.42. The Labute approximate surface area is 175 Å². The van der Waals surface area contributed by atoms with Crippen LogP contribution in [-0.2, 0) is 4.74 Å². The number of fused-ring (bicyclic) bond motifs is 1. The van der Waals surface area contributed by atoms with Crippen LogP contribution >= 0.6 is 23.2 Å². The van der Waals surface area contributed by atoms with Crippen molar-refractivity contribution in [3.05, 3.63) is 81.8 Å². The van der Waals surface area contributed by atoms with Crippen LogP contribution in [0.3, 0.4) is 0 Å². The third-order valence-corrected chi connectivity index (χ3v) is 5.30. The zero-order chi connectivity index (χ0) is 20.1. The Morgan fingerprint density at radius 1 is 1.04 bits per heavy atom. The standard InChI is InChI=1S/C23H23Cl2NO2/c1-26(2)13-12-17(20-9-5-7-16-6-3-4-8-19(16)20)15-28-23(27)21-11-10-18(24)14-22(21)25/h3-11,14,17H,12-13,15H2,1-2H3. The highest BCUT2D eigenvalue weighted by Crippen LogP contribution is 2.29. The van der Waals surface area contributed by atoms with Crippen molar-refractivity contribution in [3.63, 3.8) is 0 Å². The van der Waals surface area contributed by atoms with Crippen LogP contribution in [0.15, 0.2) is 60.7 Å². The molecule has 3 nitrogen and oxygen atoms in total. The van der Waals surface area contributed by atoms with E-state index in [2.05, 4.69) is 35.2 Å². The molecule has 3 rings (SSSR count). The topological polar surface area (TPSA) is 29.5 Å². The van der Waals surface area contributed by atoms with Gasteiger partial charge in [-0.15, -0.1) is 0 Å². The third-order valence-electron chi connectivity index (χ3n) is 4.75. The molecule has 0 heterocycles. The van der Waals surface area contributed by atoms with Gasteiger partial charge in [-0.3, -0.25) is 0 Å². The fourth-order valence-electron chi connectivity index (χ4n) is 3.26. The van der Waals surface area contributed by atoms with Crippen molar-refractivity contribution in [2.45, 2.75) is 12.3 Å². The van der Waals surface area contributed by atoms with Gasteiger partial charge in [0, 0.05) is 10.9 Å². The second-order valence-corrected chi connectivity index (χ2v) is 7.92. The van der Waals surface area contributed by atoms with Crippen LogP contribution in [0.4, 0.5) is 0 Å². The van der Waals surface area contributed by atoms with Crippen molar-refractivity contribution in [1.82, 2.24) is 4.90 Å². The number of rotatable bonds is 7. The molecule has 0 saturated carbocycles. The van der Waals surface area contributed by atoms with Crippen LogP contribution < -0.4 is 0 Å². The summed E-state index contributed by atoms with van der Waals surface area (Å²) in [7, 11) is 4.08. The maximum Gasteiger partial charge on any atom is 0.339 e. The first-order valence-electron chi connectivity index (χ1n) is 9.20. The number of carbonyl (C=O) groups excluding carboxylic acids is 1.